The molecule has 0 spiro atoms. The number of hydrogen-bond acceptors (Lipinski definition) is 4. The number of nitrogens with one attached hydrogen (secondary N) is 2. The number of anilines is 1. The van der Waals surface area contributed by atoms with Gasteiger partial charge in [0.25, 0.3) is 0 Å². The minimum atomic E-state index is -0.0227. The molecule has 2 N–H and O–H groups in total. The standard InChI is InChI=1S/C23H33N7O2/c1-3-24-22(30-11-12-32-21(17-30)19-15-26-28(2)16-19)25-14-18-7-6-8-20(13-18)27-23(31)29-9-4-5-10-29/h6-8,13,15-16,21H,3-5,9-12,14,17H2,1-2H3,(H,24,25)(H,27,31). The van der Waals surface area contributed by atoms with Gasteiger partial charge in [-0.15, -0.1) is 0 Å². The predicted octanol–water partition coefficient (Wildman–Crippen LogP) is 2.59. The molecule has 1 unspecified atom stereocenters. The molecule has 1 aromatic carbocycles. The van der Waals surface area contributed by atoms with Gasteiger partial charge in [0, 0.05) is 50.7 Å². The van der Waals surface area contributed by atoms with E-state index in [0.717, 1.165) is 68.3 Å². The molecule has 2 amide bonds. The van der Waals surface area contributed by atoms with Crippen LogP contribution in [0.5, 0.6) is 0 Å². The molecule has 1 aromatic heterocycles. The topological polar surface area (TPSA) is 87.0 Å². The van der Waals surface area contributed by atoms with Crippen LogP contribution in [0.25, 0.3) is 0 Å². The number of likely N-dealkylation sites (tertiary alicyclic amines) is 1. The maximum atomic E-state index is 12.4. The van der Waals surface area contributed by atoms with Crippen molar-refractivity contribution in [2.24, 2.45) is 12.0 Å². The van der Waals surface area contributed by atoms with Crippen LogP contribution in [0.2, 0.25) is 0 Å². The minimum Gasteiger partial charge on any atom is -0.370 e. The summed E-state index contributed by atoms with van der Waals surface area (Å²) in [4.78, 5) is 21.4. The van der Waals surface area contributed by atoms with E-state index in [1.54, 1.807) is 4.68 Å². The van der Waals surface area contributed by atoms with E-state index in [1.807, 2.05) is 48.6 Å². The van der Waals surface area contributed by atoms with Gasteiger partial charge in [-0.1, -0.05) is 12.1 Å². The summed E-state index contributed by atoms with van der Waals surface area (Å²) in [7, 11) is 1.91. The molecule has 2 aromatic rings. The zero-order valence-electron chi connectivity index (χ0n) is 19.0. The van der Waals surface area contributed by atoms with Crippen LogP contribution < -0.4 is 10.6 Å². The van der Waals surface area contributed by atoms with E-state index in [9.17, 15) is 4.79 Å². The average molecular weight is 440 g/mol. The first-order valence-electron chi connectivity index (χ1n) is 11.4. The summed E-state index contributed by atoms with van der Waals surface area (Å²) in [6, 6.07) is 7.90. The van der Waals surface area contributed by atoms with Crippen molar-refractivity contribution in [1.82, 2.24) is 24.9 Å². The molecule has 9 nitrogen and oxygen atoms in total. The molecule has 2 aliphatic rings. The van der Waals surface area contributed by atoms with Gasteiger partial charge < -0.3 is 25.2 Å². The molecule has 4 rings (SSSR count). The summed E-state index contributed by atoms with van der Waals surface area (Å²) in [5.41, 5.74) is 2.94. The highest BCUT2D eigenvalue weighted by atomic mass is 16.5. The minimum absolute atomic E-state index is 0.0220. The average Bonchev–Trinajstić information content (AvgIpc) is 3.49. The van der Waals surface area contributed by atoms with Gasteiger partial charge in [-0.2, -0.15) is 5.10 Å². The van der Waals surface area contributed by atoms with Crippen LogP contribution in [0.1, 0.15) is 37.0 Å². The van der Waals surface area contributed by atoms with Crippen molar-refractivity contribution in [2.45, 2.75) is 32.4 Å². The van der Waals surface area contributed by atoms with E-state index >= 15 is 0 Å². The number of ether oxygens (including phenoxy) is 1. The molecule has 2 aliphatic heterocycles. The molecule has 0 radical (unpaired) electrons. The van der Waals surface area contributed by atoms with Crippen molar-refractivity contribution in [1.29, 1.82) is 0 Å². The smallest absolute Gasteiger partial charge is 0.321 e. The van der Waals surface area contributed by atoms with Gasteiger partial charge >= 0.3 is 6.03 Å². The van der Waals surface area contributed by atoms with Crippen molar-refractivity contribution >= 4 is 17.7 Å². The normalized spacial score (nSPS) is 19.3. The predicted molar refractivity (Wildman–Crippen MR) is 125 cm³/mol. The first-order chi connectivity index (χ1) is 15.6. The summed E-state index contributed by atoms with van der Waals surface area (Å²) >= 11 is 0. The molecule has 0 saturated carbocycles. The van der Waals surface area contributed by atoms with Gasteiger partial charge in [0.15, 0.2) is 5.96 Å². The fourth-order valence-electron chi connectivity index (χ4n) is 4.11. The van der Waals surface area contributed by atoms with E-state index in [2.05, 4.69) is 27.6 Å². The highest BCUT2D eigenvalue weighted by molar-refractivity contribution is 5.89. The maximum Gasteiger partial charge on any atom is 0.321 e. The lowest BCUT2D eigenvalue weighted by Crippen LogP contribution is -2.48. The number of urea groups is 1. The van der Waals surface area contributed by atoms with E-state index in [1.165, 1.54) is 0 Å². The molecule has 2 fully saturated rings. The Bertz CT molecular complexity index is 936. The van der Waals surface area contributed by atoms with Gasteiger partial charge in [0.1, 0.15) is 6.10 Å². The third kappa shape index (κ3) is 5.59. The quantitative estimate of drug-likeness (QED) is 0.552. The number of benzene rings is 1. The number of hydrogen-bond donors (Lipinski definition) is 2. The van der Waals surface area contributed by atoms with Crippen molar-refractivity contribution in [2.75, 3.05) is 44.6 Å². The number of guanidine groups is 1. The molecule has 0 bridgehead atoms. The molecule has 0 aliphatic carbocycles. The number of aliphatic imine (C=N–C) groups is 1. The van der Waals surface area contributed by atoms with Crippen LogP contribution in [0.3, 0.4) is 0 Å². The van der Waals surface area contributed by atoms with Gasteiger partial charge in [0.2, 0.25) is 0 Å². The highest BCUT2D eigenvalue weighted by Crippen LogP contribution is 2.22. The molecule has 3 heterocycles. The number of carbonyl (C=O) groups is 1. The number of nitrogens with zero attached hydrogens (tertiary/aromatic N) is 5. The van der Waals surface area contributed by atoms with Crippen molar-refractivity contribution in [3.05, 3.63) is 47.8 Å². The Kier molecular flexibility index (Phi) is 7.26. The third-order valence-electron chi connectivity index (χ3n) is 5.78. The summed E-state index contributed by atoms with van der Waals surface area (Å²) in [5.74, 6) is 0.871. The molecular formula is C23H33N7O2. The molecule has 1 atom stereocenters. The zero-order chi connectivity index (χ0) is 22.3. The lowest BCUT2D eigenvalue weighted by Gasteiger charge is -2.34. The number of amides is 2. The second-order valence-corrected chi connectivity index (χ2v) is 8.25. The van der Waals surface area contributed by atoms with Crippen LogP contribution in [0.15, 0.2) is 41.7 Å². The van der Waals surface area contributed by atoms with Crippen LogP contribution in [0.4, 0.5) is 10.5 Å². The van der Waals surface area contributed by atoms with E-state index in [-0.39, 0.29) is 12.1 Å². The second kappa shape index (κ2) is 10.5. The number of morpholine rings is 1. The molecule has 2 saturated heterocycles. The number of aryl methyl sites for hydroxylation is 1. The Balaban J connectivity index is 1.41. The van der Waals surface area contributed by atoms with Crippen LogP contribution in [0, 0.1) is 0 Å². The van der Waals surface area contributed by atoms with Crippen molar-refractivity contribution < 1.29 is 9.53 Å². The van der Waals surface area contributed by atoms with E-state index in [4.69, 9.17) is 9.73 Å². The SMILES string of the molecule is CCNC(=NCc1cccc(NC(=O)N2CCCC2)c1)N1CCOC(c2cnn(C)c2)C1. The van der Waals surface area contributed by atoms with Crippen molar-refractivity contribution in [3.63, 3.8) is 0 Å². The summed E-state index contributed by atoms with van der Waals surface area (Å²) in [6.45, 7) is 7.22. The Morgan fingerprint density at radius 3 is 2.84 bits per heavy atom. The summed E-state index contributed by atoms with van der Waals surface area (Å²) in [6.07, 6.45) is 6.00. The third-order valence-corrected chi connectivity index (χ3v) is 5.78. The largest absolute Gasteiger partial charge is 0.370 e. The summed E-state index contributed by atoms with van der Waals surface area (Å²) in [5, 5.41) is 10.7. The molecule has 9 heteroatoms. The number of aromatic nitrogens is 2. The monoisotopic (exact) mass is 439 g/mol. The highest BCUT2D eigenvalue weighted by Gasteiger charge is 2.25. The van der Waals surface area contributed by atoms with Crippen LogP contribution >= 0.6 is 0 Å². The van der Waals surface area contributed by atoms with Crippen molar-refractivity contribution in [3.8, 4) is 0 Å². The molecule has 172 valence electrons. The number of rotatable bonds is 5. The first-order valence-corrected chi connectivity index (χ1v) is 11.4. The fourth-order valence-corrected chi connectivity index (χ4v) is 4.11. The van der Waals surface area contributed by atoms with Gasteiger partial charge in [-0.05, 0) is 37.5 Å². The van der Waals surface area contributed by atoms with E-state index in [0.29, 0.717) is 13.2 Å². The first kappa shape index (κ1) is 22.1. The van der Waals surface area contributed by atoms with E-state index < -0.39 is 0 Å². The Hall–Kier alpha value is -3.07. The Morgan fingerprint density at radius 2 is 2.09 bits per heavy atom. The lowest BCUT2D eigenvalue weighted by molar-refractivity contribution is -0.00805. The van der Waals surface area contributed by atoms with Crippen LogP contribution in [-0.2, 0) is 18.3 Å². The fraction of sp³-hybridized carbons (Fsp3) is 0.522. The van der Waals surface area contributed by atoms with Gasteiger partial charge in [0.05, 0.1) is 25.9 Å². The number of carbonyl (C=O) groups excluding carboxylic acids is 1. The van der Waals surface area contributed by atoms with Crippen LogP contribution in [-0.4, -0.2) is 70.9 Å². The molecule has 32 heavy (non-hydrogen) atoms. The van der Waals surface area contributed by atoms with Gasteiger partial charge in [-0.25, -0.2) is 9.79 Å². The van der Waals surface area contributed by atoms with Gasteiger partial charge in [-0.3, -0.25) is 4.68 Å². The maximum absolute atomic E-state index is 12.4. The molecular weight excluding hydrogens is 406 g/mol. The Morgan fingerprint density at radius 1 is 1.25 bits per heavy atom. The summed E-state index contributed by atoms with van der Waals surface area (Å²) < 4.78 is 7.77. The lowest BCUT2D eigenvalue weighted by atomic mass is 10.1. The zero-order valence-corrected chi connectivity index (χ0v) is 19.0. The Labute approximate surface area is 189 Å². The second-order valence-electron chi connectivity index (χ2n) is 8.25.